The monoisotopic (exact) mass is 292 g/mol. The topological polar surface area (TPSA) is 57.3 Å². The predicted octanol–water partition coefficient (Wildman–Crippen LogP) is 2.40. The Morgan fingerprint density at radius 3 is 3.10 bits per heavy atom. The van der Waals surface area contributed by atoms with Crippen LogP contribution in [0.25, 0.3) is 0 Å². The molecular weight excluding hydrogens is 272 g/mol. The van der Waals surface area contributed by atoms with Gasteiger partial charge in [0, 0.05) is 30.9 Å². The molecule has 1 aliphatic carbocycles. The van der Waals surface area contributed by atoms with Crippen molar-refractivity contribution in [2.75, 3.05) is 32.0 Å². The molecule has 0 atom stereocenters. The highest BCUT2D eigenvalue weighted by Gasteiger charge is 2.26. The van der Waals surface area contributed by atoms with Crippen molar-refractivity contribution in [2.45, 2.75) is 25.2 Å². The first-order valence-corrected chi connectivity index (χ1v) is 7.95. The average molecular weight is 292 g/mol. The first kappa shape index (κ1) is 13.6. The minimum absolute atomic E-state index is 0.165. The summed E-state index contributed by atoms with van der Waals surface area (Å²) in [5.41, 5.74) is 2.43. The van der Waals surface area contributed by atoms with Gasteiger partial charge in [-0.2, -0.15) is 0 Å². The summed E-state index contributed by atoms with van der Waals surface area (Å²) < 4.78 is 0. The Labute approximate surface area is 123 Å². The lowest BCUT2D eigenvalue weighted by molar-refractivity contribution is 0.252. The molecule has 20 heavy (non-hydrogen) atoms. The van der Waals surface area contributed by atoms with Crippen molar-refractivity contribution in [3.63, 3.8) is 0 Å². The van der Waals surface area contributed by atoms with E-state index in [1.165, 1.54) is 29.8 Å². The lowest BCUT2D eigenvalue weighted by Crippen LogP contribution is -2.33. The highest BCUT2D eigenvalue weighted by atomic mass is 32.1. The van der Waals surface area contributed by atoms with E-state index in [-0.39, 0.29) is 6.03 Å². The van der Waals surface area contributed by atoms with Crippen LogP contribution < -0.4 is 10.6 Å². The molecule has 0 unspecified atom stereocenters. The number of anilines is 1. The van der Waals surface area contributed by atoms with E-state index in [1.54, 1.807) is 0 Å². The number of aromatic nitrogens is 1. The number of thiazole rings is 1. The number of likely N-dealkylation sites (N-methyl/N-ethyl adjacent to an activating group) is 1. The normalized spacial score (nSPS) is 19.6. The minimum atomic E-state index is -0.165. The smallest absolute Gasteiger partial charge is 0.321 e. The summed E-state index contributed by atoms with van der Waals surface area (Å²) in [5.74, 6) is 0.634. The third-order valence-corrected chi connectivity index (χ3v) is 4.50. The lowest BCUT2D eigenvalue weighted by Gasteiger charge is -2.21. The number of carbonyl (C=O) groups excluding carboxylic acids is 1. The Balaban J connectivity index is 1.44. The molecule has 2 amide bonds. The average Bonchev–Trinajstić information content (AvgIpc) is 3.19. The maximum atomic E-state index is 11.8. The summed E-state index contributed by atoms with van der Waals surface area (Å²) in [7, 11) is 2.10. The number of hydrogen-bond acceptors (Lipinski definition) is 4. The minimum Gasteiger partial charge on any atom is -0.334 e. The molecule has 1 aromatic rings. The summed E-state index contributed by atoms with van der Waals surface area (Å²) in [6, 6.07) is -0.165. The van der Waals surface area contributed by atoms with Crippen molar-refractivity contribution < 1.29 is 4.79 Å². The fraction of sp³-hybridized carbons (Fsp3) is 0.571. The number of nitrogens with one attached hydrogen (secondary N) is 2. The van der Waals surface area contributed by atoms with E-state index < -0.39 is 0 Å². The zero-order valence-corrected chi connectivity index (χ0v) is 12.5. The molecule has 6 heteroatoms. The molecule has 2 N–H and O–H groups in total. The third kappa shape index (κ3) is 3.58. The van der Waals surface area contributed by atoms with E-state index >= 15 is 0 Å². The number of rotatable bonds is 4. The molecule has 0 spiro atoms. The quantitative estimate of drug-likeness (QED) is 0.838. The molecular formula is C14H20N4OS. The standard InChI is InChI=1S/C14H20N4OS/c1-18-6-4-10(5-7-18)8-15-13(19)17-14-16-12(9-20-14)11-2-3-11/h4,9,11H,2-3,5-8H2,1H3,(H2,15,16,17,19). The van der Waals surface area contributed by atoms with E-state index in [4.69, 9.17) is 0 Å². The van der Waals surface area contributed by atoms with E-state index in [9.17, 15) is 4.79 Å². The van der Waals surface area contributed by atoms with Gasteiger partial charge in [-0.25, -0.2) is 9.78 Å². The third-order valence-electron chi connectivity index (χ3n) is 3.72. The number of amides is 2. The second-order valence-electron chi connectivity index (χ2n) is 5.53. The van der Waals surface area contributed by atoms with Crippen LogP contribution >= 0.6 is 11.3 Å². The van der Waals surface area contributed by atoms with Crippen molar-refractivity contribution in [1.82, 2.24) is 15.2 Å². The molecule has 0 bridgehead atoms. The zero-order valence-electron chi connectivity index (χ0n) is 11.7. The summed E-state index contributed by atoms with van der Waals surface area (Å²) in [6.45, 7) is 2.66. The Morgan fingerprint density at radius 1 is 1.55 bits per heavy atom. The SMILES string of the molecule is CN1CC=C(CNC(=O)Nc2nc(C3CC3)cs2)CC1. The highest BCUT2D eigenvalue weighted by molar-refractivity contribution is 7.13. The van der Waals surface area contributed by atoms with Gasteiger partial charge in [0.1, 0.15) is 0 Å². The molecule has 108 valence electrons. The van der Waals surface area contributed by atoms with Crippen LogP contribution in [0.5, 0.6) is 0 Å². The lowest BCUT2D eigenvalue weighted by atomic mass is 10.1. The second kappa shape index (κ2) is 5.93. The Morgan fingerprint density at radius 2 is 2.40 bits per heavy atom. The van der Waals surface area contributed by atoms with Crippen LogP contribution in [0.1, 0.15) is 30.9 Å². The van der Waals surface area contributed by atoms with Gasteiger partial charge in [-0.05, 0) is 26.3 Å². The molecule has 2 aliphatic rings. The van der Waals surface area contributed by atoms with Crippen LogP contribution in [-0.4, -0.2) is 42.6 Å². The van der Waals surface area contributed by atoms with Crippen molar-refractivity contribution in [3.8, 4) is 0 Å². The molecule has 5 nitrogen and oxygen atoms in total. The van der Waals surface area contributed by atoms with Crippen LogP contribution in [0, 0.1) is 0 Å². The molecule has 0 radical (unpaired) electrons. The van der Waals surface area contributed by atoms with Crippen LogP contribution in [0.3, 0.4) is 0 Å². The van der Waals surface area contributed by atoms with Crippen LogP contribution in [0.4, 0.5) is 9.93 Å². The first-order valence-electron chi connectivity index (χ1n) is 7.07. The van der Waals surface area contributed by atoms with Gasteiger partial charge in [-0.1, -0.05) is 11.6 Å². The van der Waals surface area contributed by atoms with Gasteiger partial charge in [-0.3, -0.25) is 5.32 Å². The van der Waals surface area contributed by atoms with E-state index in [0.29, 0.717) is 17.6 Å². The highest BCUT2D eigenvalue weighted by Crippen LogP contribution is 2.40. The fourth-order valence-electron chi connectivity index (χ4n) is 2.22. The molecule has 1 aliphatic heterocycles. The first-order chi connectivity index (χ1) is 9.70. The molecule has 0 aromatic carbocycles. The van der Waals surface area contributed by atoms with E-state index in [0.717, 1.165) is 25.2 Å². The summed E-state index contributed by atoms with van der Waals surface area (Å²) in [5, 5.41) is 8.46. The maximum Gasteiger partial charge on any atom is 0.321 e. The number of hydrogen-bond donors (Lipinski definition) is 2. The van der Waals surface area contributed by atoms with Gasteiger partial charge >= 0.3 is 6.03 Å². The molecule has 0 saturated heterocycles. The second-order valence-corrected chi connectivity index (χ2v) is 6.39. The Bertz CT molecular complexity index is 521. The summed E-state index contributed by atoms with van der Waals surface area (Å²) in [4.78, 5) is 18.5. The predicted molar refractivity (Wildman–Crippen MR) is 81.3 cm³/mol. The molecule has 1 aromatic heterocycles. The van der Waals surface area contributed by atoms with Gasteiger partial charge in [0.15, 0.2) is 5.13 Å². The molecule has 1 fully saturated rings. The van der Waals surface area contributed by atoms with Crippen molar-refractivity contribution >= 4 is 22.5 Å². The van der Waals surface area contributed by atoms with Crippen molar-refractivity contribution in [1.29, 1.82) is 0 Å². The van der Waals surface area contributed by atoms with Gasteiger partial charge in [0.2, 0.25) is 0 Å². The van der Waals surface area contributed by atoms with Crippen molar-refractivity contribution in [2.24, 2.45) is 0 Å². The van der Waals surface area contributed by atoms with E-state index in [2.05, 4.69) is 33.6 Å². The largest absolute Gasteiger partial charge is 0.334 e. The fourth-order valence-corrected chi connectivity index (χ4v) is 3.01. The Hall–Kier alpha value is -1.40. The number of nitrogens with zero attached hydrogens (tertiary/aromatic N) is 2. The molecule has 2 heterocycles. The van der Waals surface area contributed by atoms with E-state index in [1.807, 2.05) is 5.38 Å². The maximum absolute atomic E-state index is 11.8. The van der Waals surface area contributed by atoms with Crippen LogP contribution in [0.15, 0.2) is 17.0 Å². The summed E-state index contributed by atoms with van der Waals surface area (Å²) in [6.07, 6.45) is 5.69. The Kier molecular flexibility index (Phi) is 4.03. The van der Waals surface area contributed by atoms with Gasteiger partial charge in [-0.15, -0.1) is 11.3 Å². The zero-order chi connectivity index (χ0) is 13.9. The van der Waals surface area contributed by atoms with Crippen LogP contribution in [0.2, 0.25) is 0 Å². The van der Waals surface area contributed by atoms with Crippen molar-refractivity contribution in [3.05, 3.63) is 22.7 Å². The summed E-state index contributed by atoms with van der Waals surface area (Å²) >= 11 is 1.50. The van der Waals surface area contributed by atoms with Gasteiger partial charge < -0.3 is 10.2 Å². The number of urea groups is 1. The van der Waals surface area contributed by atoms with Gasteiger partial charge in [0.25, 0.3) is 0 Å². The molecule has 3 rings (SSSR count). The van der Waals surface area contributed by atoms with Crippen LogP contribution in [-0.2, 0) is 0 Å². The van der Waals surface area contributed by atoms with Gasteiger partial charge in [0.05, 0.1) is 5.69 Å². The number of carbonyl (C=O) groups is 1. The molecule has 1 saturated carbocycles.